The number of aliphatic imine (C=N–C) groups is 1. The van der Waals surface area contributed by atoms with Crippen molar-refractivity contribution in [2.45, 2.75) is 13.8 Å². The first-order valence-electron chi connectivity index (χ1n) is 8.82. The summed E-state index contributed by atoms with van der Waals surface area (Å²) in [4.78, 5) is 16.7. The Hall–Kier alpha value is -2.86. The van der Waals surface area contributed by atoms with E-state index in [1.165, 1.54) is 0 Å². The summed E-state index contributed by atoms with van der Waals surface area (Å²) < 4.78 is 17.4. The maximum absolute atomic E-state index is 12.3. The van der Waals surface area contributed by atoms with E-state index in [-0.39, 0.29) is 5.70 Å². The molecule has 2 aromatic rings. The fourth-order valence-electron chi connectivity index (χ4n) is 2.71. The van der Waals surface area contributed by atoms with E-state index in [1.807, 2.05) is 44.2 Å². The van der Waals surface area contributed by atoms with Crippen molar-refractivity contribution in [3.05, 3.63) is 75.9 Å². The van der Waals surface area contributed by atoms with Crippen LogP contribution in [0.2, 0.25) is 0 Å². The van der Waals surface area contributed by atoms with Gasteiger partial charge in [-0.3, -0.25) is 0 Å². The van der Waals surface area contributed by atoms with E-state index in [4.69, 9.17) is 14.2 Å². The molecule has 0 N–H and O–H groups in total. The largest absolute Gasteiger partial charge is 0.490 e. The van der Waals surface area contributed by atoms with Crippen LogP contribution < -0.4 is 9.47 Å². The third kappa shape index (κ3) is 4.34. The van der Waals surface area contributed by atoms with Crippen molar-refractivity contribution in [1.29, 1.82) is 0 Å². The predicted molar refractivity (Wildman–Crippen MR) is 113 cm³/mol. The first-order valence-corrected chi connectivity index (χ1v) is 9.61. The minimum atomic E-state index is -0.487. The van der Waals surface area contributed by atoms with Crippen molar-refractivity contribution in [3.63, 3.8) is 0 Å². The molecule has 2 aromatic carbocycles. The molecular weight excluding hydrogens is 422 g/mol. The second kappa shape index (κ2) is 8.89. The second-order valence-corrected chi connectivity index (χ2v) is 6.87. The molecule has 28 heavy (non-hydrogen) atoms. The van der Waals surface area contributed by atoms with Crippen LogP contribution in [0.3, 0.4) is 0 Å². The van der Waals surface area contributed by atoms with Crippen molar-refractivity contribution in [2.24, 2.45) is 4.99 Å². The van der Waals surface area contributed by atoms with E-state index in [1.54, 1.807) is 18.2 Å². The van der Waals surface area contributed by atoms with Crippen LogP contribution in [-0.2, 0) is 9.53 Å². The monoisotopic (exact) mass is 441 g/mol. The number of ether oxygens (including phenoxy) is 3. The van der Waals surface area contributed by atoms with Gasteiger partial charge in [-0.15, -0.1) is 0 Å². The van der Waals surface area contributed by atoms with Gasteiger partial charge in [-0.05, 0) is 65.2 Å². The molecule has 0 saturated heterocycles. The number of hydrogen-bond donors (Lipinski definition) is 0. The molecule has 5 nitrogen and oxygen atoms in total. The molecule has 0 atom stereocenters. The summed E-state index contributed by atoms with van der Waals surface area (Å²) in [6, 6.07) is 11.3. The minimum absolute atomic E-state index is 0.229. The smallest absolute Gasteiger partial charge is 0.363 e. The van der Waals surface area contributed by atoms with E-state index >= 15 is 0 Å². The fourth-order valence-corrected chi connectivity index (χ4v) is 3.29. The highest BCUT2D eigenvalue weighted by Crippen LogP contribution is 2.38. The summed E-state index contributed by atoms with van der Waals surface area (Å²) in [5.41, 5.74) is 2.75. The molecule has 0 fully saturated rings. The molecule has 0 amide bonds. The number of hydrogen-bond acceptors (Lipinski definition) is 5. The van der Waals surface area contributed by atoms with Crippen molar-refractivity contribution < 1.29 is 19.0 Å². The second-order valence-electron chi connectivity index (χ2n) is 6.01. The summed E-state index contributed by atoms with van der Waals surface area (Å²) in [5.74, 6) is 0.978. The molecule has 0 radical (unpaired) electrons. The molecule has 1 heterocycles. The maximum atomic E-state index is 12.3. The molecule has 3 rings (SSSR count). The first-order chi connectivity index (χ1) is 13.5. The van der Waals surface area contributed by atoms with E-state index in [2.05, 4.69) is 27.5 Å². The number of cyclic esters (lactones) is 1. The summed E-state index contributed by atoms with van der Waals surface area (Å²) in [5, 5.41) is 0. The Bertz CT molecular complexity index is 978. The van der Waals surface area contributed by atoms with Crippen molar-refractivity contribution >= 4 is 33.9 Å². The van der Waals surface area contributed by atoms with E-state index in [9.17, 15) is 4.79 Å². The number of carbonyl (C=O) groups excluding carboxylic acids is 1. The first kappa shape index (κ1) is 19.9. The van der Waals surface area contributed by atoms with Crippen molar-refractivity contribution in [3.8, 4) is 11.5 Å². The molecule has 0 spiro atoms. The van der Waals surface area contributed by atoms with Crippen LogP contribution in [0.15, 0.2) is 64.2 Å². The van der Waals surface area contributed by atoms with E-state index < -0.39 is 5.97 Å². The van der Waals surface area contributed by atoms with Gasteiger partial charge in [0.15, 0.2) is 17.2 Å². The van der Waals surface area contributed by atoms with E-state index in [0.717, 1.165) is 16.7 Å². The quantitative estimate of drug-likeness (QED) is 0.342. The van der Waals surface area contributed by atoms with Gasteiger partial charge in [0.1, 0.15) is 6.61 Å². The molecule has 1 aliphatic heterocycles. The summed E-state index contributed by atoms with van der Waals surface area (Å²) in [7, 11) is 0. The number of halogens is 1. The Morgan fingerprint density at radius 3 is 2.75 bits per heavy atom. The molecule has 144 valence electrons. The number of benzene rings is 2. The average Bonchev–Trinajstić information content (AvgIpc) is 3.02. The Morgan fingerprint density at radius 2 is 2.04 bits per heavy atom. The van der Waals surface area contributed by atoms with Crippen LogP contribution in [0, 0.1) is 6.92 Å². The normalized spacial score (nSPS) is 14.6. The lowest BCUT2D eigenvalue weighted by Gasteiger charge is -2.13. The number of nitrogens with zero attached hydrogens (tertiary/aromatic N) is 1. The highest BCUT2D eigenvalue weighted by molar-refractivity contribution is 9.10. The Morgan fingerprint density at radius 1 is 1.25 bits per heavy atom. The van der Waals surface area contributed by atoms with Crippen LogP contribution in [0.1, 0.15) is 23.6 Å². The Labute approximate surface area is 172 Å². The van der Waals surface area contributed by atoms with Gasteiger partial charge in [-0.25, -0.2) is 9.79 Å². The van der Waals surface area contributed by atoms with E-state index in [0.29, 0.717) is 35.1 Å². The van der Waals surface area contributed by atoms with Crippen LogP contribution in [0.5, 0.6) is 11.5 Å². The van der Waals surface area contributed by atoms with Crippen molar-refractivity contribution in [2.75, 3.05) is 13.2 Å². The van der Waals surface area contributed by atoms with Gasteiger partial charge >= 0.3 is 5.97 Å². The molecule has 0 aliphatic carbocycles. The number of aryl methyl sites for hydroxylation is 1. The third-order valence-corrected chi connectivity index (χ3v) is 4.57. The highest BCUT2D eigenvalue weighted by Gasteiger charge is 2.25. The summed E-state index contributed by atoms with van der Waals surface area (Å²) in [6.07, 6.45) is 3.33. The van der Waals surface area contributed by atoms with Crippen molar-refractivity contribution in [1.82, 2.24) is 0 Å². The molecule has 0 unspecified atom stereocenters. The van der Waals surface area contributed by atoms with Crippen LogP contribution in [0.4, 0.5) is 0 Å². The minimum Gasteiger partial charge on any atom is -0.490 e. The van der Waals surface area contributed by atoms with Gasteiger partial charge in [-0.2, -0.15) is 0 Å². The molecule has 6 heteroatoms. The van der Waals surface area contributed by atoms with Gasteiger partial charge in [0, 0.05) is 5.56 Å². The Balaban J connectivity index is 1.97. The van der Waals surface area contributed by atoms with Gasteiger partial charge < -0.3 is 14.2 Å². The lowest BCUT2D eigenvalue weighted by Crippen LogP contribution is -2.06. The van der Waals surface area contributed by atoms with Gasteiger partial charge in [-0.1, -0.05) is 30.9 Å². The maximum Gasteiger partial charge on any atom is 0.363 e. The SMILES string of the molecule is C=CCOc1c(Br)cc(/C=C2/N=C(c3ccccc3C)OC2=O)cc1OCC. The zero-order valence-corrected chi connectivity index (χ0v) is 17.3. The standard InChI is InChI=1S/C22H20BrNO4/c1-4-10-27-20-17(23)11-15(13-19(20)26-5-2)12-18-22(25)28-21(24-18)16-9-7-6-8-14(16)3/h4,6-9,11-13H,1,5,10H2,2-3H3/b18-12+. The number of rotatable bonds is 7. The molecular formula is C22H20BrNO4. The molecule has 0 bridgehead atoms. The lowest BCUT2D eigenvalue weighted by molar-refractivity contribution is -0.129. The summed E-state index contributed by atoms with van der Waals surface area (Å²) >= 11 is 3.50. The highest BCUT2D eigenvalue weighted by atomic mass is 79.9. The zero-order chi connectivity index (χ0) is 20.1. The molecule has 1 aliphatic rings. The van der Waals surface area contributed by atoms with Gasteiger partial charge in [0.05, 0.1) is 11.1 Å². The van der Waals surface area contributed by atoms with Crippen LogP contribution in [-0.4, -0.2) is 25.1 Å². The topological polar surface area (TPSA) is 57.1 Å². The molecule has 0 aromatic heterocycles. The zero-order valence-electron chi connectivity index (χ0n) is 15.7. The third-order valence-electron chi connectivity index (χ3n) is 3.98. The number of esters is 1. The fraction of sp³-hybridized carbons (Fsp3) is 0.182. The van der Waals surface area contributed by atoms with Crippen LogP contribution >= 0.6 is 15.9 Å². The Kier molecular flexibility index (Phi) is 6.31. The number of carbonyl (C=O) groups is 1. The van der Waals surface area contributed by atoms with Crippen LogP contribution in [0.25, 0.3) is 6.08 Å². The van der Waals surface area contributed by atoms with Gasteiger partial charge in [0.25, 0.3) is 0 Å². The predicted octanol–water partition coefficient (Wildman–Crippen LogP) is 5.07. The lowest BCUT2D eigenvalue weighted by atomic mass is 10.1. The summed E-state index contributed by atoms with van der Waals surface area (Å²) in [6.45, 7) is 8.33. The average molecular weight is 442 g/mol. The van der Waals surface area contributed by atoms with Gasteiger partial charge in [0.2, 0.25) is 5.90 Å². The molecule has 0 saturated carbocycles.